The summed E-state index contributed by atoms with van der Waals surface area (Å²) in [5, 5.41) is 1.75. The van der Waals surface area contributed by atoms with Gasteiger partial charge in [0.15, 0.2) is 0 Å². The van der Waals surface area contributed by atoms with E-state index in [0.29, 0.717) is 32.5 Å². The van der Waals surface area contributed by atoms with Gasteiger partial charge in [-0.15, -0.1) is 4.73 Å². The van der Waals surface area contributed by atoms with Gasteiger partial charge in [0, 0.05) is 43.7 Å². The van der Waals surface area contributed by atoms with Crippen LogP contribution in [0.1, 0.15) is 12.8 Å². The van der Waals surface area contributed by atoms with Gasteiger partial charge in [-0.25, -0.2) is 4.57 Å². The fraction of sp³-hybridized carbons (Fsp3) is 0.348. The lowest BCUT2D eigenvalue weighted by molar-refractivity contribution is 0.179. The molecule has 2 heterocycles. The van der Waals surface area contributed by atoms with Crippen LogP contribution in [0.3, 0.4) is 0 Å². The van der Waals surface area contributed by atoms with E-state index < -0.39 is 13.4 Å². The number of aromatic nitrogens is 1. The zero-order valence-electron chi connectivity index (χ0n) is 18.8. The van der Waals surface area contributed by atoms with Crippen LogP contribution in [-0.2, 0) is 4.57 Å². The van der Waals surface area contributed by atoms with Crippen LogP contribution in [0, 0.1) is 0 Å². The number of rotatable bonds is 9. The summed E-state index contributed by atoms with van der Waals surface area (Å²) in [7, 11) is -4.90. The molecule has 1 aliphatic rings. The molecular weight excluding hydrogens is 516 g/mol. The van der Waals surface area contributed by atoms with Gasteiger partial charge in [-0.2, -0.15) is 0 Å². The maximum absolute atomic E-state index is 12.0. The largest absolute Gasteiger partial charge is 0.543 e. The van der Waals surface area contributed by atoms with Gasteiger partial charge in [0.1, 0.15) is 5.75 Å². The first-order valence-electron chi connectivity index (χ1n) is 11.2. The Bertz CT molecular complexity index is 1290. The van der Waals surface area contributed by atoms with Crippen LogP contribution in [0.5, 0.6) is 5.75 Å². The van der Waals surface area contributed by atoms with E-state index in [2.05, 4.69) is 14.4 Å². The second kappa shape index (κ2) is 11.2. The lowest BCUT2D eigenvalue weighted by Gasteiger charge is -2.36. The normalized spacial score (nSPS) is 14.9. The molecule has 0 spiro atoms. The molecule has 2 aromatic carbocycles. The highest BCUT2D eigenvalue weighted by Crippen LogP contribution is 2.33. The van der Waals surface area contributed by atoms with E-state index in [0.717, 1.165) is 51.3 Å². The van der Waals surface area contributed by atoms with E-state index in [9.17, 15) is 9.36 Å². The molecule has 1 saturated heterocycles. The summed E-state index contributed by atoms with van der Waals surface area (Å²) in [6.45, 7) is 5.06. The van der Waals surface area contributed by atoms with E-state index in [1.165, 1.54) is 12.1 Å². The SMILES string of the molecule is O=c1ccc2ccc(OCCCCN3CCN(c4cccc(Cl)c4Cl)CC3)cc2n1OP(=O)(O)O. The molecule has 0 bridgehead atoms. The van der Waals surface area contributed by atoms with Gasteiger partial charge in [0.05, 0.1) is 27.9 Å². The number of phosphoric acid groups is 1. The average Bonchev–Trinajstić information content (AvgIpc) is 2.82. The Kier molecular flexibility index (Phi) is 8.27. The summed E-state index contributed by atoms with van der Waals surface area (Å²) >= 11 is 12.5. The lowest BCUT2D eigenvalue weighted by atomic mass is 10.2. The van der Waals surface area contributed by atoms with Crippen molar-refractivity contribution in [3.05, 3.63) is 68.9 Å². The molecule has 1 fully saturated rings. The standard InChI is InChI=1S/C23H26Cl2N3O6P/c24-19-4-3-5-20(23(19)25)27-13-11-26(12-14-27)10-1-2-15-33-18-8-6-17-7-9-22(29)28(21(17)16-18)34-35(30,31)32/h3-9,16H,1-2,10-15H2,(H2,30,31,32). The summed E-state index contributed by atoms with van der Waals surface area (Å²) in [6.07, 6.45) is 1.79. The first-order valence-corrected chi connectivity index (χ1v) is 13.5. The minimum atomic E-state index is -4.90. The second-order valence-corrected chi connectivity index (χ2v) is 10.1. The van der Waals surface area contributed by atoms with Crippen LogP contribution in [0.25, 0.3) is 10.9 Å². The summed E-state index contributed by atoms with van der Waals surface area (Å²) < 4.78 is 22.2. The van der Waals surface area contributed by atoms with Crippen LogP contribution in [-0.4, -0.2) is 58.7 Å². The summed E-state index contributed by atoms with van der Waals surface area (Å²) in [4.78, 5) is 34.9. The minimum absolute atomic E-state index is 0.219. The smallest absolute Gasteiger partial charge is 0.494 e. The van der Waals surface area contributed by atoms with E-state index in [4.69, 9.17) is 37.7 Å². The summed E-state index contributed by atoms with van der Waals surface area (Å²) in [5.41, 5.74) is 0.505. The number of benzene rings is 2. The maximum Gasteiger partial charge on any atom is 0.543 e. The molecule has 35 heavy (non-hydrogen) atoms. The molecule has 0 saturated carbocycles. The number of piperazine rings is 1. The van der Waals surface area contributed by atoms with Gasteiger partial charge in [-0.05, 0) is 49.7 Å². The van der Waals surface area contributed by atoms with E-state index in [1.807, 2.05) is 12.1 Å². The van der Waals surface area contributed by atoms with Crippen LogP contribution < -0.4 is 19.8 Å². The highest BCUT2D eigenvalue weighted by Gasteiger charge is 2.20. The molecule has 0 atom stereocenters. The maximum atomic E-state index is 12.0. The number of pyridine rings is 1. The number of halogens is 2. The van der Waals surface area contributed by atoms with Gasteiger partial charge in [-0.1, -0.05) is 29.3 Å². The number of hydrogen-bond acceptors (Lipinski definition) is 6. The second-order valence-electron chi connectivity index (χ2n) is 8.22. The molecule has 188 valence electrons. The first-order chi connectivity index (χ1) is 16.7. The van der Waals surface area contributed by atoms with Crippen LogP contribution in [0.15, 0.2) is 53.3 Å². The Labute approximate surface area is 212 Å². The zero-order valence-corrected chi connectivity index (χ0v) is 21.3. The Hall–Kier alpha value is -2.26. The third kappa shape index (κ3) is 6.70. The first kappa shape index (κ1) is 25.8. The van der Waals surface area contributed by atoms with E-state index in [1.54, 1.807) is 24.3 Å². The predicted molar refractivity (Wildman–Crippen MR) is 137 cm³/mol. The third-order valence-corrected chi connectivity index (χ3v) is 6.98. The van der Waals surface area contributed by atoms with Gasteiger partial charge in [0.25, 0.3) is 5.56 Å². The molecule has 0 unspecified atom stereocenters. The average molecular weight is 542 g/mol. The molecule has 4 rings (SSSR count). The van der Waals surface area contributed by atoms with E-state index in [-0.39, 0.29) is 5.52 Å². The fourth-order valence-electron chi connectivity index (χ4n) is 4.04. The molecule has 2 N–H and O–H groups in total. The third-order valence-electron chi connectivity index (χ3n) is 5.80. The molecular formula is C23H26Cl2N3O6P. The highest BCUT2D eigenvalue weighted by atomic mass is 35.5. The molecule has 3 aromatic rings. The number of anilines is 1. The Morgan fingerprint density at radius 3 is 2.46 bits per heavy atom. The van der Waals surface area contributed by atoms with Crippen molar-refractivity contribution in [3.63, 3.8) is 0 Å². The van der Waals surface area contributed by atoms with Crippen molar-refractivity contribution in [3.8, 4) is 5.75 Å². The number of ether oxygens (including phenoxy) is 1. The van der Waals surface area contributed by atoms with Crippen molar-refractivity contribution in [2.75, 3.05) is 44.2 Å². The van der Waals surface area contributed by atoms with Crippen molar-refractivity contribution in [1.29, 1.82) is 0 Å². The van der Waals surface area contributed by atoms with Crippen molar-refractivity contribution in [1.82, 2.24) is 9.63 Å². The Balaban J connectivity index is 1.25. The monoisotopic (exact) mass is 541 g/mol. The molecule has 1 aromatic heterocycles. The fourth-order valence-corrected chi connectivity index (χ4v) is 4.84. The quantitative estimate of drug-likeness (QED) is 0.311. The zero-order chi connectivity index (χ0) is 25.0. The van der Waals surface area contributed by atoms with Crippen molar-refractivity contribution < 1.29 is 23.7 Å². The van der Waals surface area contributed by atoms with Gasteiger partial charge >= 0.3 is 7.82 Å². The molecule has 1 aliphatic heterocycles. The van der Waals surface area contributed by atoms with Crippen molar-refractivity contribution >= 4 is 47.6 Å². The Morgan fingerprint density at radius 2 is 1.71 bits per heavy atom. The van der Waals surface area contributed by atoms with Gasteiger partial charge < -0.3 is 14.3 Å². The van der Waals surface area contributed by atoms with Crippen LogP contribution in [0.4, 0.5) is 5.69 Å². The highest BCUT2D eigenvalue weighted by molar-refractivity contribution is 7.46. The van der Waals surface area contributed by atoms with Gasteiger partial charge in [0.2, 0.25) is 0 Å². The predicted octanol–water partition coefficient (Wildman–Crippen LogP) is 3.81. The molecule has 9 nitrogen and oxygen atoms in total. The molecule has 0 amide bonds. The number of hydrogen-bond donors (Lipinski definition) is 2. The number of nitrogens with zero attached hydrogens (tertiary/aromatic N) is 3. The Morgan fingerprint density at radius 1 is 0.971 bits per heavy atom. The van der Waals surface area contributed by atoms with Gasteiger partial charge in [-0.3, -0.25) is 19.5 Å². The summed E-state index contributed by atoms with van der Waals surface area (Å²) in [5.74, 6) is 0.484. The summed E-state index contributed by atoms with van der Waals surface area (Å²) in [6, 6.07) is 13.4. The molecule has 0 radical (unpaired) electrons. The number of fused-ring (bicyclic) bond motifs is 1. The van der Waals surface area contributed by atoms with Crippen LogP contribution >= 0.6 is 31.0 Å². The number of unbranched alkanes of at least 4 members (excludes halogenated alkanes) is 1. The molecule has 0 aliphatic carbocycles. The van der Waals surface area contributed by atoms with Crippen molar-refractivity contribution in [2.24, 2.45) is 0 Å². The van der Waals surface area contributed by atoms with Crippen LogP contribution in [0.2, 0.25) is 10.0 Å². The van der Waals surface area contributed by atoms with E-state index >= 15 is 0 Å². The molecule has 12 heteroatoms. The van der Waals surface area contributed by atoms with Crippen molar-refractivity contribution in [2.45, 2.75) is 12.8 Å². The minimum Gasteiger partial charge on any atom is -0.494 e. The topological polar surface area (TPSA) is 104 Å². The lowest BCUT2D eigenvalue weighted by Crippen LogP contribution is -2.46.